The number of nitrogens with zero attached hydrogens (tertiary/aromatic N) is 4. The zero-order chi connectivity index (χ0) is 35.8. The summed E-state index contributed by atoms with van der Waals surface area (Å²) in [6, 6.07) is 63.7. The molecule has 54 heavy (non-hydrogen) atoms. The maximum absolute atomic E-state index is 5.48. The van der Waals surface area contributed by atoms with Gasteiger partial charge in [0.05, 0.1) is 33.8 Å². The van der Waals surface area contributed by atoms with Crippen LogP contribution in [0.15, 0.2) is 194 Å². The number of rotatable bonds is 6. The van der Waals surface area contributed by atoms with Gasteiger partial charge < -0.3 is 0 Å². The van der Waals surface area contributed by atoms with Gasteiger partial charge in [-0.25, -0.2) is 9.97 Å². The predicted octanol–water partition coefficient (Wildman–Crippen LogP) is 12.7. The normalized spacial score (nSPS) is 11.3. The summed E-state index contributed by atoms with van der Waals surface area (Å²) in [7, 11) is 0. The predicted molar refractivity (Wildman–Crippen MR) is 223 cm³/mol. The topological polar surface area (TPSA) is 51.6 Å². The summed E-state index contributed by atoms with van der Waals surface area (Å²) in [5.74, 6) is 0. The molecule has 0 aliphatic heterocycles. The standard InChI is InChI=1S/C50H32N4/c1-3-15-39-33(11-1)13-9-17-41(39)43-31-47-48(32-44(43)42-18-10-14-34-12-2-4-16-40(34)42)54-50(38-27-23-36(24-28-38)46-20-6-8-30-52-46)49(53-47)37-25-21-35(22-26-37)45-19-5-7-29-51-45/h1-32H. The van der Waals surface area contributed by atoms with Gasteiger partial charge in [0.2, 0.25) is 0 Å². The van der Waals surface area contributed by atoms with E-state index in [1.807, 2.05) is 48.8 Å². The molecule has 0 amide bonds. The maximum Gasteiger partial charge on any atom is 0.0973 e. The zero-order valence-corrected chi connectivity index (χ0v) is 29.3. The average molecular weight is 689 g/mol. The van der Waals surface area contributed by atoms with Gasteiger partial charge in [0.1, 0.15) is 0 Å². The van der Waals surface area contributed by atoms with Crippen molar-refractivity contribution in [1.82, 2.24) is 19.9 Å². The Kier molecular flexibility index (Phi) is 7.77. The summed E-state index contributed by atoms with van der Waals surface area (Å²) in [5, 5.41) is 4.79. The summed E-state index contributed by atoms with van der Waals surface area (Å²) >= 11 is 0. The van der Waals surface area contributed by atoms with Gasteiger partial charge in [-0.15, -0.1) is 0 Å². The molecule has 0 aliphatic carbocycles. The Hall–Kier alpha value is -7.30. The van der Waals surface area contributed by atoms with Crippen LogP contribution in [0.2, 0.25) is 0 Å². The minimum Gasteiger partial charge on any atom is -0.256 e. The van der Waals surface area contributed by atoms with Crippen LogP contribution in [-0.4, -0.2) is 19.9 Å². The maximum atomic E-state index is 5.48. The third kappa shape index (κ3) is 5.67. The molecule has 0 radical (unpaired) electrons. The van der Waals surface area contributed by atoms with Gasteiger partial charge in [-0.2, -0.15) is 0 Å². The smallest absolute Gasteiger partial charge is 0.0973 e. The van der Waals surface area contributed by atoms with Crippen LogP contribution in [0, 0.1) is 0 Å². The van der Waals surface area contributed by atoms with Crippen molar-refractivity contribution in [2.75, 3.05) is 0 Å². The fraction of sp³-hybridized carbons (Fsp3) is 0. The second-order valence-electron chi connectivity index (χ2n) is 13.4. The molecule has 0 aliphatic rings. The number of fused-ring (bicyclic) bond motifs is 3. The summed E-state index contributed by atoms with van der Waals surface area (Å²) in [6.45, 7) is 0. The number of hydrogen-bond acceptors (Lipinski definition) is 4. The molecule has 0 atom stereocenters. The lowest BCUT2D eigenvalue weighted by atomic mass is 9.88. The van der Waals surface area contributed by atoms with Gasteiger partial charge in [-0.3, -0.25) is 9.97 Å². The van der Waals surface area contributed by atoms with E-state index in [-0.39, 0.29) is 0 Å². The lowest BCUT2D eigenvalue weighted by molar-refractivity contribution is 1.29. The Morgan fingerprint density at radius 3 is 1.11 bits per heavy atom. The van der Waals surface area contributed by atoms with Crippen LogP contribution in [0.5, 0.6) is 0 Å². The molecule has 4 nitrogen and oxygen atoms in total. The molecule has 0 saturated heterocycles. The van der Waals surface area contributed by atoms with Crippen molar-refractivity contribution in [3.8, 4) is 67.3 Å². The molecule has 0 spiro atoms. The first-order valence-corrected chi connectivity index (χ1v) is 18.1. The largest absolute Gasteiger partial charge is 0.256 e. The van der Waals surface area contributed by atoms with E-state index in [9.17, 15) is 0 Å². The van der Waals surface area contributed by atoms with Crippen molar-refractivity contribution in [3.63, 3.8) is 0 Å². The van der Waals surface area contributed by atoms with Crippen molar-refractivity contribution < 1.29 is 0 Å². The first-order chi connectivity index (χ1) is 26.8. The van der Waals surface area contributed by atoms with Crippen molar-refractivity contribution in [3.05, 3.63) is 194 Å². The fourth-order valence-electron chi connectivity index (χ4n) is 7.54. The molecular weight excluding hydrogens is 657 g/mol. The van der Waals surface area contributed by atoms with Crippen LogP contribution in [0.1, 0.15) is 0 Å². The number of benzene rings is 7. The lowest BCUT2D eigenvalue weighted by Gasteiger charge is -2.17. The molecule has 0 N–H and O–H groups in total. The number of aromatic nitrogens is 4. The second kappa shape index (κ2) is 13.4. The SMILES string of the molecule is c1ccc(-c2ccc(-c3nc4cc(-c5cccc6ccccc56)c(-c5cccc6ccccc56)cc4nc3-c3ccc(-c4ccccn4)cc3)cc2)nc1. The summed E-state index contributed by atoms with van der Waals surface area (Å²) in [6.07, 6.45) is 3.65. The minimum absolute atomic E-state index is 0.822. The first-order valence-electron chi connectivity index (χ1n) is 18.1. The van der Waals surface area contributed by atoms with Crippen molar-refractivity contribution >= 4 is 32.6 Å². The van der Waals surface area contributed by atoms with Gasteiger partial charge in [0.25, 0.3) is 0 Å². The highest BCUT2D eigenvalue weighted by Crippen LogP contribution is 2.42. The van der Waals surface area contributed by atoms with E-state index >= 15 is 0 Å². The Bertz CT molecular complexity index is 2740. The molecule has 0 saturated carbocycles. The Balaban J connectivity index is 1.23. The van der Waals surface area contributed by atoms with E-state index < -0.39 is 0 Å². The van der Waals surface area contributed by atoms with Gasteiger partial charge >= 0.3 is 0 Å². The molecule has 0 unspecified atom stereocenters. The monoisotopic (exact) mass is 688 g/mol. The van der Waals surface area contributed by atoms with Crippen LogP contribution in [0.4, 0.5) is 0 Å². The number of hydrogen-bond donors (Lipinski definition) is 0. The van der Waals surface area contributed by atoms with Crippen LogP contribution >= 0.6 is 0 Å². The molecular formula is C50H32N4. The van der Waals surface area contributed by atoms with E-state index in [4.69, 9.17) is 9.97 Å². The minimum atomic E-state index is 0.822. The van der Waals surface area contributed by atoms with Crippen LogP contribution in [0.3, 0.4) is 0 Å². The molecule has 252 valence electrons. The van der Waals surface area contributed by atoms with Crippen molar-refractivity contribution in [2.24, 2.45) is 0 Å². The van der Waals surface area contributed by atoms with E-state index in [1.165, 1.54) is 21.5 Å². The zero-order valence-electron chi connectivity index (χ0n) is 29.3. The van der Waals surface area contributed by atoms with Crippen LogP contribution in [-0.2, 0) is 0 Å². The van der Waals surface area contributed by atoms with Crippen LogP contribution < -0.4 is 0 Å². The molecule has 10 rings (SSSR count). The molecule has 7 aromatic carbocycles. The van der Waals surface area contributed by atoms with Crippen LogP contribution in [0.25, 0.3) is 99.9 Å². The molecule has 10 aromatic rings. The Morgan fingerprint density at radius 1 is 0.296 bits per heavy atom. The van der Waals surface area contributed by atoms with E-state index in [0.29, 0.717) is 0 Å². The van der Waals surface area contributed by atoms with E-state index in [0.717, 1.165) is 78.3 Å². The third-order valence-corrected chi connectivity index (χ3v) is 10.2. The summed E-state index contributed by atoms with van der Waals surface area (Å²) in [5.41, 5.74) is 13.8. The summed E-state index contributed by atoms with van der Waals surface area (Å²) in [4.78, 5) is 20.1. The molecule has 3 heterocycles. The fourth-order valence-corrected chi connectivity index (χ4v) is 7.54. The molecule has 3 aromatic heterocycles. The highest BCUT2D eigenvalue weighted by Gasteiger charge is 2.19. The molecule has 0 bridgehead atoms. The summed E-state index contributed by atoms with van der Waals surface area (Å²) < 4.78 is 0. The van der Waals surface area contributed by atoms with E-state index in [1.54, 1.807) is 0 Å². The Labute approximate surface area is 313 Å². The van der Waals surface area contributed by atoms with E-state index in [2.05, 4.69) is 156 Å². The highest BCUT2D eigenvalue weighted by molar-refractivity contribution is 6.08. The first kappa shape index (κ1) is 31.4. The van der Waals surface area contributed by atoms with Crippen molar-refractivity contribution in [1.29, 1.82) is 0 Å². The lowest BCUT2D eigenvalue weighted by Crippen LogP contribution is -1.98. The van der Waals surface area contributed by atoms with Gasteiger partial charge in [0, 0.05) is 34.6 Å². The second-order valence-corrected chi connectivity index (χ2v) is 13.4. The number of pyridine rings is 2. The third-order valence-electron chi connectivity index (χ3n) is 10.2. The van der Waals surface area contributed by atoms with Gasteiger partial charge in [-0.1, -0.05) is 146 Å². The highest BCUT2D eigenvalue weighted by atomic mass is 14.8. The van der Waals surface area contributed by atoms with Gasteiger partial charge in [-0.05, 0) is 80.2 Å². The van der Waals surface area contributed by atoms with Gasteiger partial charge in [0.15, 0.2) is 0 Å². The van der Waals surface area contributed by atoms with Crippen molar-refractivity contribution in [2.45, 2.75) is 0 Å². The average Bonchev–Trinajstić information content (AvgIpc) is 3.26. The molecule has 0 fully saturated rings. The quantitative estimate of drug-likeness (QED) is 0.174. The Morgan fingerprint density at radius 2 is 0.685 bits per heavy atom. The molecule has 4 heteroatoms.